The Morgan fingerprint density at radius 2 is 2.42 bits per heavy atom. The van der Waals surface area contributed by atoms with E-state index in [1.54, 1.807) is 6.08 Å². The van der Waals surface area contributed by atoms with Crippen LogP contribution in [0, 0.1) is 5.92 Å². The van der Waals surface area contributed by atoms with E-state index >= 15 is 0 Å². The Bertz CT molecular complexity index is 145. The maximum Gasteiger partial charge on any atom is 0.306 e. The van der Waals surface area contributed by atoms with Gasteiger partial charge < -0.3 is 4.74 Å². The Hall–Kier alpha value is -0.310. The summed E-state index contributed by atoms with van der Waals surface area (Å²) >= 11 is 3.32. The summed E-state index contributed by atoms with van der Waals surface area (Å²) in [6.45, 7) is 5.93. The van der Waals surface area contributed by atoms with Crippen molar-refractivity contribution < 1.29 is 9.53 Å². The standard InChI is InChI=1S/C9H15BrO2/c1-3-8(5-6-10)7-9(11)12-4-2/h3,8H,1,4-7H2,2H3. The number of esters is 1. The fraction of sp³-hybridized carbons (Fsp3) is 0.667. The van der Waals surface area contributed by atoms with Crippen LogP contribution in [-0.2, 0) is 9.53 Å². The molecule has 12 heavy (non-hydrogen) atoms. The first kappa shape index (κ1) is 11.7. The number of hydrogen-bond donors (Lipinski definition) is 0. The van der Waals surface area contributed by atoms with Crippen LogP contribution in [0.4, 0.5) is 0 Å². The molecule has 1 atom stereocenters. The predicted molar refractivity (Wildman–Crippen MR) is 53.3 cm³/mol. The van der Waals surface area contributed by atoms with E-state index in [4.69, 9.17) is 4.74 Å². The molecule has 0 bridgehead atoms. The van der Waals surface area contributed by atoms with Gasteiger partial charge in [0.25, 0.3) is 0 Å². The topological polar surface area (TPSA) is 26.3 Å². The van der Waals surface area contributed by atoms with Crippen molar-refractivity contribution in [2.75, 3.05) is 11.9 Å². The van der Waals surface area contributed by atoms with Crippen LogP contribution in [0.5, 0.6) is 0 Å². The molecular formula is C9H15BrO2. The number of carbonyl (C=O) groups is 1. The molecule has 70 valence electrons. The van der Waals surface area contributed by atoms with Gasteiger partial charge in [-0.2, -0.15) is 0 Å². The molecule has 0 aromatic rings. The van der Waals surface area contributed by atoms with Gasteiger partial charge in [0.05, 0.1) is 13.0 Å². The monoisotopic (exact) mass is 234 g/mol. The zero-order chi connectivity index (χ0) is 9.40. The van der Waals surface area contributed by atoms with Gasteiger partial charge in [0.15, 0.2) is 0 Å². The fourth-order valence-electron chi connectivity index (χ4n) is 0.877. The number of alkyl halides is 1. The number of allylic oxidation sites excluding steroid dienone is 1. The molecule has 0 amide bonds. The van der Waals surface area contributed by atoms with Crippen LogP contribution >= 0.6 is 15.9 Å². The van der Waals surface area contributed by atoms with Gasteiger partial charge in [-0.3, -0.25) is 4.79 Å². The van der Waals surface area contributed by atoms with Crippen LogP contribution in [0.15, 0.2) is 12.7 Å². The number of halogens is 1. The average Bonchev–Trinajstić information content (AvgIpc) is 2.04. The van der Waals surface area contributed by atoms with Crippen LogP contribution in [0.3, 0.4) is 0 Å². The average molecular weight is 235 g/mol. The smallest absolute Gasteiger partial charge is 0.306 e. The van der Waals surface area contributed by atoms with Crippen molar-refractivity contribution in [3.8, 4) is 0 Å². The maximum absolute atomic E-state index is 11.0. The van der Waals surface area contributed by atoms with E-state index < -0.39 is 0 Å². The van der Waals surface area contributed by atoms with Gasteiger partial charge in [0.1, 0.15) is 0 Å². The highest BCUT2D eigenvalue weighted by Crippen LogP contribution is 2.12. The molecule has 0 heterocycles. The summed E-state index contributed by atoms with van der Waals surface area (Å²) in [5.74, 6) is 0.103. The summed E-state index contributed by atoms with van der Waals surface area (Å²) in [6, 6.07) is 0. The van der Waals surface area contributed by atoms with E-state index in [0.29, 0.717) is 13.0 Å². The number of hydrogen-bond acceptors (Lipinski definition) is 2. The van der Waals surface area contributed by atoms with Gasteiger partial charge in [-0.05, 0) is 19.3 Å². The number of rotatable bonds is 6. The SMILES string of the molecule is C=CC(CCBr)CC(=O)OCC. The van der Waals surface area contributed by atoms with Gasteiger partial charge in [0, 0.05) is 5.33 Å². The minimum Gasteiger partial charge on any atom is -0.466 e. The molecule has 0 rings (SSSR count). The highest BCUT2D eigenvalue weighted by Gasteiger charge is 2.09. The van der Waals surface area contributed by atoms with Crippen LogP contribution < -0.4 is 0 Å². The first-order chi connectivity index (χ1) is 5.74. The Balaban J connectivity index is 3.68. The van der Waals surface area contributed by atoms with Gasteiger partial charge in [-0.15, -0.1) is 6.58 Å². The highest BCUT2D eigenvalue weighted by atomic mass is 79.9. The second-order valence-corrected chi connectivity index (χ2v) is 3.28. The molecule has 0 aliphatic carbocycles. The summed E-state index contributed by atoms with van der Waals surface area (Å²) in [4.78, 5) is 11.0. The van der Waals surface area contributed by atoms with E-state index in [-0.39, 0.29) is 11.9 Å². The van der Waals surface area contributed by atoms with Gasteiger partial charge in [0.2, 0.25) is 0 Å². The lowest BCUT2D eigenvalue weighted by molar-refractivity contribution is -0.143. The minimum absolute atomic E-state index is 0.136. The molecule has 0 radical (unpaired) electrons. The minimum atomic E-state index is -0.136. The van der Waals surface area contributed by atoms with E-state index in [9.17, 15) is 4.79 Å². The Labute approximate surface area is 82.1 Å². The van der Waals surface area contributed by atoms with Crippen LogP contribution in [0.25, 0.3) is 0 Å². The van der Waals surface area contributed by atoms with Crippen molar-refractivity contribution >= 4 is 21.9 Å². The van der Waals surface area contributed by atoms with E-state index in [0.717, 1.165) is 11.8 Å². The predicted octanol–water partition coefficient (Wildman–Crippen LogP) is 2.53. The van der Waals surface area contributed by atoms with Gasteiger partial charge in [-0.1, -0.05) is 22.0 Å². The molecule has 0 saturated heterocycles. The molecular weight excluding hydrogens is 220 g/mol. The largest absolute Gasteiger partial charge is 0.466 e. The molecule has 3 heteroatoms. The van der Waals surface area contributed by atoms with E-state index in [1.807, 2.05) is 6.92 Å². The summed E-state index contributed by atoms with van der Waals surface area (Å²) in [5.41, 5.74) is 0. The summed E-state index contributed by atoms with van der Waals surface area (Å²) in [6.07, 6.45) is 3.18. The van der Waals surface area contributed by atoms with Crippen molar-refractivity contribution in [3.05, 3.63) is 12.7 Å². The molecule has 0 saturated carbocycles. The molecule has 0 aliphatic heterocycles. The van der Waals surface area contributed by atoms with Crippen molar-refractivity contribution in [3.63, 3.8) is 0 Å². The van der Waals surface area contributed by atoms with E-state index in [1.165, 1.54) is 0 Å². The zero-order valence-corrected chi connectivity index (χ0v) is 8.97. The lowest BCUT2D eigenvalue weighted by atomic mass is 10.0. The van der Waals surface area contributed by atoms with Gasteiger partial charge >= 0.3 is 5.97 Å². The van der Waals surface area contributed by atoms with Crippen molar-refractivity contribution in [1.82, 2.24) is 0 Å². The number of ether oxygens (including phenoxy) is 1. The van der Waals surface area contributed by atoms with Crippen molar-refractivity contribution in [2.24, 2.45) is 5.92 Å². The van der Waals surface area contributed by atoms with Crippen LogP contribution in [-0.4, -0.2) is 17.9 Å². The van der Waals surface area contributed by atoms with Crippen molar-refractivity contribution in [2.45, 2.75) is 19.8 Å². The molecule has 0 aromatic heterocycles. The number of carbonyl (C=O) groups excluding carboxylic acids is 1. The third kappa shape index (κ3) is 5.35. The molecule has 0 aromatic carbocycles. The molecule has 1 unspecified atom stereocenters. The second-order valence-electron chi connectivity index (χ2n) is 2.48. The molecule has 0 N–H and O–H groups in total. The third-order valence-electron chi connectivity index (χ3n) is 1.55. The Morgan fingerprint density at radius 3 is 2.83 bits per heavy atom. The van der Waals surface area contributed by atoms with Crippen molar-refractivity contribution in [1.29, 1.82) is 0 Å². The van der Waals surface area contributed by atoms with E-state index in [2.05, 4.69) is 22.5 Å². The quantitative estimate of drug-likeness (QED) is 0.401. The fourth-order valence-corrected chi connectivity index (χ4v) is 1.47. The molecule has 0 fully saturated rings. The third-order valence-corrected chi connectivity index (χ3v) is 2.01. The van der Waals surface area contributed by atoms with Crippen LogP contribution in [0.2, 0.25) is 0 Å². The maximum atomic E-state index is 11.0. The normalized spacial score (nSPS) is 12.2. The second kappa shape index (κ2) is 7.35. The first-order valence-corrected chi connectivity index (χ1v) is 5.20. The molecule has 2 nitrogen and oxygen atoms in total. The Morgan fingerprint density at radius 1 is 1.75 bits per heavy atom. The highest BCUT2D eigenvalue weighted by molar-refractivity contribution is 9.09. The molecule has 0 aliphatic rings. The zero-order valence-electron chi connectivity index (χ0n) is 7.38. The summed E-state index contributed by atoms with van der Waals surface area (Å²) in [5, 5.41) is 0.892. The molecule has 0 spiro atoms. The van der Waals surface area contributed by atoms with Gasteiger partial charge in [-0.25, -0.2) is 0 Å². The first-order valence-electron chi connectivity index (χ1n) is 4.08. The lowest BCUT2D eigenvalue weighted by Gasteiger charge is -2.08. The summed E-state index contributed by atoms with van der Waals surface area (Å²) in [7, 11) is 0. The lowest BCUT2D eigenvalue weighted by Crippen LogP contribution is -2.10. The Kier molecular flexibility index (Phi) is 7.16. The summed E-state index contributed by atoms with van der Waals surface area (Å²) < 4.78 is 4.82. The van der Waals surface area contributed by atoms with Crippen LogP contribution in [0.1, 0.15) is 19.8 Å².